The molecule has 0 saturated carbocycles. The van der Waals surface area contributed by atoms with Crippen LogP contribution in [0.2, 0.25) is 5.02 Å². The number of sulfonamides is 1. The van der Waals surface area contributed by atoms with E-state index in [1.54, 1.807) is 73.7 Å². The molecule has 0 spiro atoms. The lowest BCUT2D eigenvalue weighted by molar-refractivity contribution is 0.0924. The molecule has 0 saturated heterocycles. The second-order valence-electron chi connectivity index (χ2n) is 8.09. The molecule has 34 heavy (non-hydrogen) atoms. The molecule has 0 aliphatic carbocycles. The molecule has 0 heterocycles. The van der Waals surface area contributed by atoms with Gasteiger partial charge in [0.2, 0.25) is 10.0 Å². The van der Waals surface area contributed by atoms with Crippen LogP contribution in [0.1, 0.15) is 47.8 Å². The number of benzene rings is 3. The van der Waals surface area contributed by atoms with Crippen molar-refractivity contribution in [3.05, 3.63) is 101 Å². The lowest BCUT2D eigenvalue weighted by Gasteiger charge is -2.31. The van der Waals surface area contributed by atoms with Crippen LogP contribution in [-0.2, 0) is 16.6 Å². The minimum atomic E-state index is -3.82. The Bertz CT molecular complexity index is 1180. The molecular formula is C26H29ClN2O4S. The summed E-state index contributed by atoms with van der Waals surface area (Å²) in [4.78, 5) is 12.5. The van der Waals surface area contributed by atoms with Gasteiger partial charge in [-0.2, -0.15) is 4.31 Å². The van der Waals surface area contributed by atoms with Gasteiger partial charge in [-0.05, 0) is 60.9 Å². The van der Waals surface area contributed by atoms with E-state index in [1.807, 2.05) is 19.1 Å². The summed E-state index contributed by atoms with van der Waals surface area (Å²) in [6, 6.07) is 22.0. The molecule has 0 aromatic heterocycles. The van der Waals surface area contributed by atoms with Crippen LogP contribution in [0.15, 0.2) is 83.8 Å². The topological polar surface area (TPSA) is 86.7 Å². The van der Waals surface area contributed by atoms with Crippen LogP contribution < -0.4 is 5.32 Å². The molecule has 2 atom stereocenters. The van der Waals surface area contributed by atoms with Gasteiger partial charge in [0.05, 0.1) is 17.0 Å². The quantitative estimate of drug-likeness (QED) is 0.419. The highest BCUT2D eigenvalue weighted by molar-refractivity contribution is 7.89. The van der Waals surface area contributed by atoms with E-state index in [2.05, 4.69) is 5.32 Å². The molecule has 6 nitrogen and oxygen atoms in total. The number of nitrogens with one attached hydrogen (secondary N) is 1. The molecule has 3 aromatic rings. The highest BCUT2D eigenvalue weighted by Gasteiger charge is 2.31. The molecular weight excluding hydrogens is 472 g/mol. The SMILES string of the molecule is CC[C@@H](c1ccc(Cl)cc1)N(Cc1ccc(C(=O)NCC(C)O)cc1)S(=O)(=O)c1ccccc1. The van der Waals surface area contributed by atoms with Gasteiger partial charge in [0, 0.05) is 23.7 Å². The summed E-state index contributed by atoms with van der Waals surface area (Å²) in [5, 5.41) is 12.6. The van der Waals surface area contributed by atoms with Gasteiger partial charge in [-0.3, -0.25) is 4.79 Å². The summed E-state index contributed by atoms with van der Waals surface area (Å²) < 4.78 is 28.9. The smallest absolute Gasteiger partial charge is 0.251 e. The summed E-state index contributed by atoms with van der Waals surface area (Å²) in [5.74, 6) is -0.297. The molecule has 3 aromatic carbocycles. The van der Waals surface area contributed by atoms with Gasteiger partial charge in [0.25, 0.3) is 5.91 Å². The number of hydrogen-bond acceptors (Lipinski definition) is 4. The molecule has 1 amide bonds. The largest absolute Gasteiger partial charge is 0.392 e. The second kappa shape index (κ2) is 11.6. The van der Waals surface area contributed by atoms with Gasteiger partial charge in [-0.15, -0.1) is 0 Å². The normalized spacial score (nSPS) is 13.4. The molecule has 0 aliphatic heterocycles. The van der Waals surface area contributed by atoms with Crippen LogP contribution in [0, 0.1) is 0 Å². The highest BCUT2D eigenvalue weighted by atomic mass is 35.5. The maximum absolute atomic E-state index is 13.7. The maximum atomic E-state index is 13.7. The Hall–Kier alpha value is -2.71. The standard InChI is InChI=1S/C26H29ClN2O4S/c1-3-25(21-13-15-23(27)16-14-21)29(34(32,33)24-7-5-4-6-8-24)18-20-9-11-22(12-10-20)26(31)28-17-19(2)30/h4-16,19,25,30H,3,17-18H2,1-2H3,(H,28,31)/t19?,25-/m0/s1. The van der Waals surface area contributed by atoms with Crippen LogP contribution in [0.5, 0.6) is 0 Å². The van der Waals surface area contributed by atoms with E-state index in [9.17, 15) is 18.3 Å². The van der Waals surface area contributed by atoms with Gasteiger partial charge in [-0.25, -0.2) is 8.42 Å². The molecule has 8 heteroatoms. The third kappa shape index (κ3) is 6.45. The van der Waals surface area contributed by atoms with E-state index in [0.717, 1.165) is 11.1 Å². The summed E-state index contributed by atoms with van der Waals surface area (Å²) in [6.07, 6.45) is -0.0770. The number of hydrogen-bond donors (Lipinski definition) is 2. The Morgan fingerprint density at radius 2 is 1.62 bits per heavy atom. The lowest BCUT2D eigenvalue weighted by Crippen LogP contribution is -2.34. The third-order valence-corrected chi connectivity index (χ3v) is 7.57. The highest BCUT2D eigenvalue weighted by Crippen LogP contribution is 2.32. The number of carbonyl (C=O) groups is 1. The van der Waals surface area contributed by atoms with Gasteiger partial charge >= 0.3 is 0 Å². The van der Waals surface area contributed by atoms with Crippen molar-refractivity contribution in [1.82, 2.24) is 9.62 Å². The number of carbonyl (C=O) groups excluding carboxylic acids is 1. The minimum absolute atomic E-state index is 0.133. The zero-order chi connectivity index (χ0) is 24.7. The van der Waals surface area contributed by atoms with Crippen molar-refractivity contribution >= 4 is 27.5 Å². The van der Waals surface area contributed by atoms with Gasteiger partial charge < -0.3 is 10.4 Å². The monoisotopic (exact) mass is 500 g/mol. The first-order valence-corrected chi connectivity index (χ1v) is 12.9. The van der Waals surface area contributed by atoms with E-state index in [-0.39, 0.29) is 23.9 Å². The summed E-state index contributed by atoms with van der Waals surface area (Å²) in [5.41, 5.74) is 2.03. The predicted octanol–water partition coefficient (Wildman–Crippen LogP) is 4.79. The number of aliphatic hydroxyl groups is 1. The first kappa shape index (κ1) is 25.9. The van der Waals surface area contributed by atoms with Crippen LogP contribution in [0.4, 0.5) is 0 Å². The van der Waals surface area contributed by atoms with Crippen molar-refractivity contribution in [3.8, 4) is 0 Å². The Morgan fingerprint density at radius 1 is 1.00 bits per heavy atom. The van der Waals surface area contributed by atoms with Crippen molar-refractivity contribution in [3.63, 3.8) is 0 Å². The fourth-order valence-electron chi connectivity index (χ4n) is 3.67. The van der Waals surface area contributed by atoms with Crippen LogP contribution in [0.3, 0.4) is 0 Å². The lowest BCUT2D eigenvalue weighted by atomic mass is 10.0. The molecule has 2 N–H and O–H groups in total. The molecule has 0 radical (unpaired) electrons. The zero-order valence-electron chi connectivity index (χ0n) is 19.2. The average molecular weight is 501 g/mol. The number of halogens is 1. The fourth-order valence-corrected chi connectivity index (χ4v) is 5.49. The molecule has 0 fully saturated rings. The van der Waals surface area contributed by atoms with Crippen LogP contribution >= 0.6 is 11.6 Å². The van der Waals surface area contributed by atoms with E-state index >= 15 is 0 Å². The molecule has 0 aliphatic rings. The zero-order valence-corrected chi connectivity index (χ0v) is 20.8. The van der Waals surface area contributed by atoms with Crippen molar-refractivity contribution in [1.29, 1.82) is 0 Å². The van der Waals surface area contributed by atoms with Crippen LogP contribution in [0.25, 0.3) is 0 Å². The van der Waals surface area contributed by atoms with Crippen molar-refractivity contribution in [2.24, 2.45) is 0 Å². The summed E-state index contributed by atoms with van der Waals surface area (Å²) >= 11 is 6.06. The summed E-state index contributed by atoms with van der Waals surface area (Å²) in [7, 11) is -3.82. The first-order valence-electron chi connectivity index (χ1n) is 11.1. The van der Waals surface area contributed by atoms with E-state index < -0.39 is 22.2 Å². The Balaban J connectivity index is 1.94. The predicted molar refractivity (Wildman–Crippen MR) is 134 cm³/mol. The van der Waals surface area contributed by atoms with Crippen molar-refractivity contribution < 1.29 is 18.3 Å². The Labute approximate surface area is 206 Å². The fraction of sp³-hybridized carbons (Fsp3) is 0.269. The third-order valence-electron chi connectivity index (χ3n) is 5.45. The van der Waals surface area contributed by atoms with Crippen LogP contribution in [-0.4, -0.2) is 36.4 Å². The molecule has 0 bridgehead atoms. The molecule has 180 valence electrons. The van der Waals surface area contributed by atoms with E-state index in [1.165, 1.54) is 4.31 Å². The van der Waals surface area contributed by atoms with E-state index in [4.69, 9.17) is 11.6 Å². The minimum Gasteiger partial charge on any atom is -0.392 e. The van der Waals surface area contributed by atoms with E-state index in [0.29, 0.717) is 17.0 Å². The average Bonchev–Trinajstić information content (AvgIpc) is 2.84. The van der Waals surface area contributed by atoms with Crippen molar-refractivity contribution in [2.45, 2.75) is 43.9 Å². The number of amides is 1. The number of aliphatic hydroxyl groups excluding tert-OH is 1. The van der Waals surface area contributed by atoms with Gasteiger partial charge in [0.1, 0.15) is 0 Å². The Kier molecular flexibility index (Phi) is 8.85. The summed E-state index contributed by atoms with van der Waals surface area (Å²) in [6.45, 7) is 3.83. The first-order chi connectivity index (χ1) is 16.2. The van der Waals surface area contributed by atoms with Gasteiger partial charge in [0.15, 0.2) is 0 Å². The van der Waals surface area contributed by atoms with Crippen molar-refractivity contribution in [2.75, 3.05) is 6.54 Å². The maximum Gasteiger partial charge on any atom is 0.251 e. The number of nitrogens with zero attached hydrogens (tertiary/aromatic N) is 1. The molecule has 3 rings (SSSR count). The Morgan fingerprint density at radius 3 is 2.18 bits per heavy atom. The molecule has 1 unspecified atom stereocenters. The second-order valence-corrected chi connectivity index (χ2v) is 10.4. The number of rotatable bonds is 10. The van der Waals surface area contributed by atoms with Gasteiger partial charge in [-0.1, -0.05) is 61.0 Å².